The Labute approximate surface area is 135 Å². The molecule has 1 N–H and O–H groups in total. The highest BCUT2D eigenvalue weighted by atomic mass is 19.1. The summed E-state index contributed by atoms with van der Waals surface area (Å²) in [7, 11) is 0. The molecule has 0 aromatic heterocycles. The van der Waals surface area contributed by atoms with E-state index in [4.69, 9.17) is 9.47 Å². The number of ether oxygens (including phenoxy) is 2. The first-order valence-electron chi connectivity index (χ1n) is 7.48. The number of hydrogen-bond donors (Lipinski definition) is 1. The van der Waals surface area contributed by atoms with Crippen molar-refractivity contribution in [3.8, 4) is 11.5 Å². The van der Waals surface area contributed by atoms with Crippen molar-refractivity contribution in [2.24, 2.45) is 0 Å². The molecule has 0 heterocycles. The average Bonchev–Trinajstić information content (AvgIpc) is 2.54. The maximum absolute atomic E-state index is 12.7. The van der Waals surface area contributed by atoms with Crippen LogP contribution in [0.15, 0.2) is 48.5 Å². The minimum atomic E-state index is -0.338. The molecule has 0 saturated carbocycles. The topological polar surface area (TPSA) is 47.6 Å². The van der Waals surface area contributed by atoms with Crippen molar-refractivity contribution in [3.63, 3.8) is 0 Å². The van der Waals surface area contributed by atoms with E-state index in [1.165, 1.54) is 24.3 Å². The zero-order valence-corrected chi connectivity index (χ0v) is 13.0. The molecule has 0 spiro atoms. The van der Waals surface area contributed by atoms with Crippen LogP contribution in [0.3, 0.4) is 0 Å². The van der Waals surface area contributed by atoms with Crippen LogP contribution in [0.25, 0.3) is 0 Å². The minimum absolute atomic E-state index is 0.0929. The number of nitrogens with one attached hydrogen (secondary N) is 1. The molecule has 0 radical (unpaired) electrons. The molecule has 0 atom stereocenters. The largest absolute Gasteiger partial charge is 0.494 e. The molecule has 1 amide bonds. The lowest BCUT2D eigenvalue weighted by atomic mass is 10.2. The third-order valence-corrected chi connectivity index (χ3v) is 3.09. The number of benzene rings is 2. The Morgan fingerprint density at radius 1 is 1.09 bits per heavy atom. The molecule has 23 heavy (non-hydrogen) atoms. The van der Waals surface area contributed by atoms with E-state index in [1.807, 2.05) is 31.2 Å². The molecule has 2 aromatic carbocycles. The molecule has 2 rings (SSSR count). The molecular weight excluding hydrogens is 297 g/mol. The first-order chi connectivity index (χ1) is 11.1. The van der Waals surface area contributed by atoms with Gasteiger partial charge in [0.15, 0.2) is 6.61 Å². The first kappa shape index (κ1) is 16.8. The van der Waals surface area contributed by atoms with E-state index < -0.39 is 0 Å². The Hall–Kier alpha value is -2.56. The zero-order valence-electron chi connectivity index (χ0n) is 13.0. The SMILES string of the molecule is Cc1cccc(OCCCNC(=O)COc2ccc(F)cc2)c1. The van der Waals surface area contributed by atoms with Crippen molar-refractivity contribution in [2.45, 2.75) is 13.3 Å². The third-order valence-electron chi connectivity index (χ3n) is 3.09. The van der Waals surface area contributed by atoms with Crippen molar-refractivity contribution >= 4 is 5.91 Å². The summed E-state index contributed by atoms with van der Waals surface area (Å²) in [5.41, 5.74) is 1.15. The van der Waals surface area contributed by atoms with Crippen LogP contribution in [0, 0.1) is 12.7 Å². The van der Waals surface area contributed by atoms with E-state index in [0.29, 0.717) is 25.3 Å². The summed E-state index contributed by atoms with van der Waals surface area (Å²) in [6, 6.07) is 13.4. The fourth-order valence-corrected chi connectivity index (χ4v) is 1.93. The van der Waals surface area contributed by atoms with Crippen molar-refractivity contribution < 1.29 is 18.7 Å². The van der Waals surface area contributed by atoms with Crippen LogP contribution in [-0.2, 0) is 4.79 Å². The molecular formula is C18H20FNO3. The molecule has 0 fully saturated rings. The highest BCUT2D eigenvalue weighted by Gasteiger charge is 2.02. The predicted molar refractivity (Wildman–Crippen MR) is 86.2 cm³/mol. The average molecular weight is 317 g/mol. The van der Waals surface area contributed by atoms with Gasteiger partial charge in [0.25, 0.3) is 5.91 Å². The van der Waals surface area contributed by atoms with E-state index in [-0.39, 0.29) is 18.3 Å². The summed E-state index contributed by atoms with van der Waals surface area (Å²) in [5, 5.41) is 2.74. The number of carbonyl (C=O) groups excluding carboxylic acids is 1. The van der Waals surface area contributed by atoms with Crippen LogP contribution >= 0.6 is 0 Å². The smallest absolute Gasteiger partial charge is 0.257 e. The van der Waals surface area contributed by atoms with Gasteiger partial charge in [-0.15, -0.1) is 0 Å². The van der Waals surface area contributed by atoms with Gasteiger partial charge in [0.2, 0.25) is 0 Å². The van der Waals surface area contributed by atoms with Crippen LogP contribution in [0.2, 0.25) is 0 Å². The lowest BCUT2D eigenvalue weighted by Crippen LogP contribution is -2.30. The van der Waals surface area contributed by atoms with Gasteiger partial charge in [0.05, 0.1) is 6.61 Å². The molecule has 0 aliphatic heterocycles. The van der Waals surface area contributed by atoms with Crippen molar-refractivity contribution in [1.82, 2.24) is 5.32 Å². The number of carbonyl (C=O) groups is 1. The highest BCUT2D eigenvalue weighted by Crippen LogP contribution is 2.12. The molecule has 2 aromatic rings. The molecule has 0 aliphatic carbocycles. The van der Waals surface area contributed by atoms with E-state index >= 15 is 0 Å². The van der Waals surface area contributed by atoms with Gasteiger partial charge < -0.3 is 14.8 Å². The third kappa shape index (κ3) is 6.38. The lowest BCUT2D eigenvalue weighted by Gasteiger charge is -2.09. The van der Waals surface area contributed by atoms with Gasteiger partial charge in [-0.25, -0.2) is 4.39 Å². The van der Waals surface area contributed by atoms with Gasteiger partial charge >= 0.3 is 0 Å². The normalized spacial score (nSPS) is 10.2. The molecule has 122 valence electrons. The summed E-state index contributed by atoms with van der Waals surface area (Å²) >= 11 is 0. The first-order valence-corrected chi connectivity index (χ1v) is 7.48. The molecule has 0 unspecified atom stereocenters. The van der Waals surface area contributed by atoms with Gasteiger partial charge in [-0.2, -0.15) is 0 Å². The van der Waals surface area contributed by atoms with Gasteiger partial charge in [0, 0.05) is 6.54 Å². The quantitative estimate of drug-likeness (QED) is 0.761. The summed E-state index contributed by atoms with van der Waals surface area (Å²) in [5.74, 6) is 0.737. The fraction of sp³-hybridized carbons (Fsp3) is 0.278. The number of halogens is 1. The van der Waals surface area contributed by atoms with E-state index in [2.05, 4.69) is 5.32 Å². The van der Waals surface area contributed by atoms with Gasteiger partial charge in [-0.05, 0) is 55.3 Å². The second-order valence-electron chi connectivity index (χ2n) is 5.11. The Morgan fingerprint density at radius 2 is 1.87 bits per heavy atom. The predicted octanol–water partition coefficient (Wildman–Crippen LogP) is 3.10. The number of hydrogen-bond acceptors (Lipinski definition) is 3. The molecule has 4 nitrogen and oxygen atoms in total. The number of rotatable bonds is 8. The minimum Gasteiger partial charge on any atom is -0.494 e. The van der Waals surface area contributed by atoms with Crippen molar-refractivity contribution in [1.29, 1.82) is 0 Å². The Bertz CT molecular complexity index is 628. The Kier molecular flexibility index (Phi) is 6.41. The second kappa shape index (κ2) is 8.78. The summed E-state index contributed by atoms with van der Waals surface area (Å²) in [4.78, 5) is 11.6. The van der Waals surface area contributed by atoms with E-state index in [1.54, 1.807) is 0 Å². The standard InChI is InChI=1S/C18H20FNO3/c1-14-4-2-5-17(12-14)22-11-3-10-20-18(21)13-23-16-8-6-15(19)7-9-16/h2,4-9,12H,3,10-11,13H2,1H3,(H,20,21). The summed E-state index contributed by atoms with van der Waals surface area (Å²) in [6.45, 7) is 2.96. The zero-order chi connectivity index (χ0) is 16.5. The fourth-order valence-electron chi connectivity index (χ4n) is 1.93. The van der Waals surface area contributed by atoms with Crippen molar-refractivity contribution in [2.75, 3.05) is 19.8 Å². The monoisotopic (exact) mass is 317 g/mol. The van der Waals surface area contributed by atoms with Crippen LogP contribution in [0.5, 0.6) is 11.5 Å². The van der Waals surface area contributed by atoms with Crippen LogP contribution in [-0.4, -0.2) is 25.7 Å². The molecule has 0 saturated heterocycles. The number of aryl methyl sites for hydroxylation is 1. The maximum atomic E-state index is 12.7. The number of amides is 1. The molecule has 0 aliphatic rings. The Balaban J connectivity index is 1.57. The van der Waals surface area contributed by atoms with Gasteiger partial charge in [-0.3, -0.25) is 4.79 Å². The highest BCUT2D eigenvalue weighted by molar-refractivity contribution is 5.77. The van der Waals surface area contributed by atoms with Crippen molar-refractivity contribution in [3.05, 3.63) is 59.9 Å². The lowest BCUT2D eigenvalue weighted by molar-refractivity contribution is -0.123. The van der Waals surface area contributed by atoms with Crippen LogP contribution in [0.1, 0.15) is 12.0 Å². The summed E-state index contributed by atoms with van der Waals surface area (Å²) < 4.78 is 23.6. The maximum Gasteiger partial charge on any atom is 0.257 e. The van der Waals surface area contributed by atoms with Crippen LogP contribution in [0.4, 0.5) is 4.39 Å². The van der Waals surface area contributed by atoms with E-state index in [0.717, 1.165) is 11.3 Å². The Morgan fingerprint density at radius 3 is 2.61 bits per heavy atom. The molecule has 0 bridgehead atoms. The van der Waals surface area contributed by atoms with Gasteiger partial charge in [-0.1, -0.05) is 12.1 Å². The second-order valence-corrected chi connectivity index (χ2v) is 5.11. The summed E-state index contributed by atoms with van der Waals surface area (Å²) in [6.07, 6.45) is 0.705. The van der Waals surface area contributed by atoms with E-state index in [9.17, 15) is 9.18 Å². The van der Waals surface area contributed by atoms with Gasteiger partial charge in [0.1, 0.15) is 17.3 Å². The van der Waals surface area contributed by atoms with Crippen LogP contribution < -0.4 is 14.8 Å². The molecule has 5 heteroatoms.